The number of hydrogen-bond donors (Lipinski definition) is 0. The van der Waals surface area contributed by atoms with Gasteiger partial charge in [-0.3, -0.25) is 0 Å². The molecular weight excluding hydrogens is 216 g/mol. The number of carbonyl (C=O) groups excluding carboxylic acids is 1. The van der Waals surface area contributed by atoms with Gasteiger partial charge in [0.15, 0.2) is 0 Å². The van der Waals surface area contributed by atoms with Gasteiger partial charge in [-0.25, -0.2) is 4.79 Å². The fourth-order valence-electron chi connectivity index (χ4n) is 1.24. The molecule has 0 aliphatic rings. The first-order valence-corrected chi connectivity index (χ1v) is 5.79. The van der Waals surface area contributed by atoms with Gasteiger partial charge in [0.2, 0.25) is 0 Å². The Labute approximate surface area is 103 Å². The number of rotatable bonds is 5. The molecule has 0 spiro atoms. The lowest BCUT2D eigenvalue weighted by atomic mass is 10.1. The number of methoxy groups -OCH3 is 1. The van der Waals surface area contributed by atoms with Crippen LogP contribution >= 0.6 is 0 Å². The van der Waals surface area contributed by atoms with Gasteiger partial charge < -0.3 is 9.47 Å². The van der Waals surface area contributed by atoms with Crippen molar-refractivity contribution in [2.45, 2.75) is 39.4 Å². The molecule has 94 valence electrons. The first-order valence-electron chi connectivity index (χ1n) is 5.79. The summed E-state index contributed by atoms with van der Waals surface area (Å²) in [6, 6.07) is 7.28. The van der Waals surface area contributed by atoms with E-state index in [-0.39, 0.29) is 11.6 Å². The maximum atomic E-state index is 11.2. The molecule has 3 nitrogen and oxygen atoms in total. The number of esters is 1. The molecule has 3 heteroatoms. The molecule has 1 aromatic rings. The second kappa shape index (κ2) is 5.82. The number of benzene rings is 1. The zero-order valence-electron chi connectivity index (χ0n) is 10.9. The molecule has 17 heavy (non-hydrogen) atoms. The predicted molar refractivity (Wildman–Crippen MR) is 66.9 cm³/mol. The molecule has 0 amide bonds. The molecule has 0 aliphatic heterocycles. The van der Waals surface area contributed by atoms with Crippen LogP contribution < -0.4 is 0 Å². The number of carbonyl (C=O) groups is 1. The van der Waals surface area contributed by atoms with Crippen LogP contribution in [0.2, 0.25) is 0 Å². The van der Waals surface area contributed by atoms with Gasteiger partial charge in [-0.2, -0.15) is 0 Å². The topological polar surface area (TPSA) is 35.5 Å². The summed E-state index contributed by atoms with van der Waals surface area (Å²) in [5.41, 5.74) is 1.51. The molecule has 0 N–H and O–H groups in total. The highest BCUT2D eigenvalue weighted by Gasteiger charge is 2.15. The molecule has 1 rings (SSSR count). The average molecular weight is 236 g/mol. The van der Waals surface area contributed by atoms with Crippen LogP contribution in [0, 0.1) is 0 Å². The highest BCUT2D eigenvalue weighted by atomic mass is 16.5. The summed E-state index contributed by atoms with van der Waals surface area (Å²) >= 11 is 0. The summed E-state index contributed by atoms with van der Waals surface area (Å²) in [4.78, 5) is 11.2. The molecule has 0 radical (unpaired) electrons. The lowest BCUT2D eigenvalue weighted by molar-refractivity contribution is -0.0316. The second-order valence-corrected chi connectivity index (χ2v) is 4.59. The van der Waals surface area contributed by atoms with Gasteiger partial charge in [0.25, 0.3) is 0 Å². The predicted octanol–water partition coefficient (Wildman–Crippen LogP) is 3.18. The van der Waals surface area contributed by atoms with Crippen LogP contribution in [0.5, 0.6) is 0 Å². The summed E-state index contributed by atoms with van der Waals surface area (Å²) in [5, 5.41) is 0. The van der Waals surface area contributed by atoms with Crippen LogP contribution in [0.15, 0.2) is 24.3 Å². The Morgan fingerprint density at radius 2 is 1.82 bits per heavy atom. The molecule has 0 saturated heterocycles. The van der Waals surface area contributed by atoms with Crippen molar-refractivity contribution in [1.29, 1.82) is 0 Å². The minimum atomic E-state index is -0.314. The van der Waals surface area contributed by atoms with Crippen molar-refractivity contribution in [3.05, 3.63) is 35.4 Å². The molecule has 0 aliphatic carbocycles. The van der Waals surface area contributed by atoms with Gasteiger partial charge in [0, 0.05) is 0 Å². The Morgan fingerprint density at radius 3 is 2.29 bits per heavy atom. The van der Waals surface area contributed by atoms with E-state index in [4.69, 9.17) is 4.74 Å². The van der Waals surface area contributed by atoms with Crippen molar-refractivity contribution in [3.8, 4) is 0 Å². The van der Waals surface area contributed by atoms with Crippen molar-refractivity contribution in [3.63, 3.8) is 0 Å². The van der Waals surface area contributed by atoms with Gasteiger partial charge in [0.1, 0.15) is 0 Å². The third-order valence-electron chi connectivity index (χ3n) is 2.86. The molecule has 0 unspecified atom stereocenters. The quantitative estimate of drug-likeness (QED) is 0.736. The summed E-state index contributed by atoms with van der Waals surface area (Å²) < 4.78 is 10.4. The molecule has 0 aromatic heterocycles. The van der Waals surface area contributed by atoms with Crippen LogP contribution in [0.3, 0.4) is 0 Å². The van der Waals surface area contributed by atoms with Gasteiger partial charge in [-0.15, -0.1) is 0 Å². The maximum Gasteiger partial charge on any atom is 0.337 e. The highest BCUT2D eigenvalue weighted by molar-refractivity contribution is 5.89. The monoisotopic (exact) mass is 236 g/mol. The molecule has 0 saturated carbocycles. The van der Waals surface area contributed by atoms with E-state index < -0.39 is 0 Å². The van der Waals surface area contributed by atoms with E-state index in [0.717, 1.165) is 12.0 Å². The van der Waals surface area contributed by atoms with E-state index in [1.165, 1.54) is 7.11 Å². The van der Waals surface area contributed by atoms with Crippen LogP contribution in [-0.4, -0.2) is 18.7 Å². The van der Waals surface area contributed by atoms with Gasteiger partial charge in [-0.05, 0) is 38.0 Å². The molecule has 0 bridgehead atoms. The van der Waals surface area contributed by atoms with Crippen LogP contribution in [0.25, 0.3) is 0 Å². The lowest BCUT2D eigenvalue weighted by Crippen LogP contribution is -2.22. The van der Waals surface area contributed by atoms with Crippen LogP contribution in [-0.2, 0) is 16.1 Å². The molecule has 0 fully saturated rings. The lowest BCUT2D eigenvalue weighted by Gasteiger charge is -2.23. The van der Waals surface area contributed by atoms with E-state index in [2.05, 4.69) is 25.5 Å². The average Bonchev–Trinajstić information content (AvgIpc) is 2.36. The molecular formula is C14H20O3. The van der Waals surface area contributed by atoms with Gasteiger partial charge in [0.05, 0.1) is 24.9 Å². The Morgan fingerprint density at radius 1 is 1.24 bits per heavy atom. The summed E-state index contributed by atoms with van der Waals surface area (Å²) in [5.74, 6) is -0.314. The molecule has 0 heterocycles. The SMILES string of the molecule is CCC(C)(C)OCc1ccc(C(=O)OC)cc1. The minimum Gasteiger partial charge on any atom is -0.465 e. The van der Waals surface area contributed by atoms with Gasteiger partial charge in [-0.1, -0.05) is 19.1 Å². The zero-order chi connectivity index (χ0) is 12.9. The minimum absolute atomic E-state index is 0.110. The Bertz CT molecular complexity index is 366. The van der Waals surface area contributed by atoms with Crippen LogP contribution in [0.1, 0.15) is 43.1 Å². The molecule has 0 atom stereocenters. The van der Waals surface area contributed by atoms with Crippen molar-refractivity contribution in [2.24, 2.45) is 0 Å². The third kappa shape index (κ3) is 4.19. The zero-order valence-corrected chi connectivity index (χ0v) is 10.9. The van der Waals surface area contributed by atoms with Crippen molar-refractivity contribution in [2.75, 3.05) is 7.11 Å². The largest absolute Gasteiger partial charge is 0.465 e. The Balaban J connectivity index is 2.60. The maximum absolute atomic E-state index is 11.2. The van der Waals surface area contributed by atoms with Crippen molar-refractivity contribution >= 4 is 5.97 Å². The summed E-state index contributed by atoms with van der Waals surface area (Å²) in [6.45, 7) is 6.79. The van der Waals surface area contributed by atoms with E-state index >= 15 is 0 Å². The van der Waals surface area contributed by atoms with Crippen molar-refractivity contribution in [1.82, 2.24) is 0 Å². The van der Waals surface area contributed by atoms with E-state index in [0.29, 0.717) is 12.2 Å². The summed E-state index contributed by atoms with van der Waals surface area (Å²) in [7, 11) is 1.38. The van der Waals surface area contributed by atoms with E-state index in [9.17, 15) is 4.79 Å². The van der Waals surface area contributed by atoms with Gasteiger partial charge >= 0.3 is 5.97 Å². The molecule has 1 aromatic carbocycles. The van der Waals surface area contributed by atoms with E-state index in [1.54, 1.807) is 12.1 Å². The Kier molecular flexibility index (Phi) is 4.70. The normalized spacial score (nSPS) is 11.3. The highest BCUT2D eigenvalue weighted by Crippen LogP contribution is 2.16. The summed E-state index contributed by atoms with van der Waals surface area (Å²) in [6.07, 6.45) is 0.966. The Hall–Kier alpha value is -1.35. The standard InChI is InChI=1S/C14H20O3/c1-5-14(2,3)17-10-11-6-8-12(9-7-11)13(15)16-4/h6-9H,5,10H2,1-4H3. The first kappa shape index (κ1) is 13.7. The number of ether oxygens (including phenoxy) is 2. The second-order valence-electron chi connectivity index (χ2n) is 4.59. The van der Waals surface area contributed by atoms with E-state index in [1.807, 2.05) is 12.1 Å². The fraction of sp³-hybridized carbons (Fsp3) is 0.500. The smallest absolute Gasteiger partial charge is 0.337 e. The van der Waals surface area contributed by atoms with Crippen LogP contribution in [0.4, 0.5) is 0 Å². The first-order chi connectivity index (χ1) is 7.98. The fourth-order valence-corrected chi connectivity index (χ4v) is 1.24. The third-order valence-corrected chi connectivity index (χ3v) is 2.86. The number of hydrogen-bond acceptors (Lipinski definition) is 3. The van der Waals surface area contributed by atoms with Crippen molar-refractivity contribution < 1.29 is 14.3 Å².